The van der Waals surface area contributed by atoms with Crippen LogP contribution in [-0.2, 0) is 6.54 Å². The highest BCUT2D eigenvalue weighted by atomic mass is 32.1. The van der Waals surface area contributed by atoms with Crippen LogP contribution >= 0.6 is 11.3 Å². The fraction of sp³-hybridized carbons (Fsp3) is 0.167. The molecule has 2 heterocycles. The maximum atomic E-state index is 3.76. The number of hydrogen-bond donors (Lipinski definition) is 2. The van der Waals surface area contributed by atoms with Gasteiger partial charge in [0.15, 0.2) is 0 Å². The zero-order valence-electron chi connectivity index (χ0n) is 6.19. The van der Waals surface area contributed by atoms with E-state index in [1.165, 1.54) is 5.56 Å². The summed E-state index contributed by atoms with van der Waals surface area (Å²) in [4.78, 5) is 0. The zero-order chi connectivity index (χ0) is 8.23. The zero-order valence-corrected chi connectivity index (χ0v) is 7.01. The molecule has 12 heavy (non-hydrogen) atoms. The lowest BCUT2D eigenvalue weighted by Gasteiger charge is -1.96. The summed E-state index contributed by atoms with van der Waals surface area (Å²) in [6.07, 6.45) is 0. The van der Waals surface area contributed by atoms with E-state index in [1.807, 2.05) is 5.38 Å². The first kappa shape index (κ1) is 7.23. The average molecular weight is 181 g/mol. The number of H-pyrrole nitrogens is 1. The molecular formula is C6H7N5S. The molecule has 5 nitrogen and oxygen atoms in total. The summed E-state index contributed by atoms with van der Waals surface area (Å²) in [5.74, 6) is 0.529. The van der Waals surface area contributed by atoms with E-state index in [9.17, 15) is 0 Å². The molecule has 0 bridgehead atoms. The van der Waals surface area contributed by atoms with Crippen LogP contribution in [0.1, 0.15) is 5.56 Å². The molecule has 0 saturated heterocycles. The molecule has 6 heteroatoms. The molecule has 2 aromatic rings. The minimum Gasteiger partial charge on any atom is -0.347 e. The minimum absolute atomic E-state index is 0.529. The second kappa shape index (κ2) is 3.31. The van der Waals surface area contributed by atoms with Gasteiger partial charge in [-0.2, -0.15) is 16.6 Å². The predicted octanol–water partition coefficient (Wildman–Crippen LogP) is 0.873. The first-order valence-corrected chi connectivity index (χ1v) is 4.38. The maximum Gasteiger partial charge on any atom is 0.263 e. The highest BCUT2D eigenvalue weighted by molar-refractivity contribution is 7.07. The second-order valence-electron chi connectivity index (χ2n) is 2.22. The molecular weight excluding hydrogens is 174 g/mol. The second-order valence-corrected chi connectivity index (χ2v) is 3.00. The van der Waals surface area contributed by atoms with Crippen LogP contribution in [0.25, 0.3) is 0 Å². The van der Waals surface area contributed by atoms with Crippen molar-refractivity contribution in [2.75, 3.05) is 5.32 Å². The van der Waals surface area contributed by atoms with Crippen molar-refractivity contribution in [3.05, 3.63) is 22.4 Å². The standard InChI is InChI=1S/C6H7N5S/c1-2-12-4-5(1)3-7-6-8-10-11-9-6/h1-2,4H,3H2,(H2,7,8,9,10,11). The van der Waals surface area contributed by atoms with Gasteiger partial charge in [-0.3, -0.25) is 0 Å². The number of tetrazole rings is 1. The topological polar surface area (TPSA) is 66.5 Å². The van der Waals surface area contributed by atoms with Crippen LogP contribution < -0.4 is 5.32 Å². The van der Waals surface area contributed by atoms with E-state index in [0.717, 1.165) is 6.54 Å². The first-order valence-electron chi connectivity index (χ1n) is 3.43. The normalized spacial score (nSPS) is 10.0. The number of aromatic nitrogens is 4. The van der Waals surface area contributed by atoms with E-state index in [2.05, 4.69) is 37.4 Å². The van der Waals surface area contributed by atoms with Crippen LogP contribution in [0.2, 0.25) is 0 Å². The number of nitrogens with one attached hydrogen (secondary N) is 2. The maximum absolute atomic E-state index is 3.76. The lowest BCUT2D eigenvalue weighted by atomic mass is 10.3. The smallest absolute Gasteiger partial charge is 0.263 e. The van der Waals surface area contributed by atoms with Gasteiger partial charge in [-0.1, -0.05) is 5.10 Å². The third-order valence-electron chi connectivity index (χ3n) is 1.38. The van der Waals surface area contributed by atoms with Gasteiger partial charge in [-0.15, -0.1) is 5.10 Å². The molecule has 0 atom stereocenters. The van der Waals surface area contributed by atoms with Crippen LogP contribution in [0, 0.1) is 0 Å². The third-order valence-corrected chi connectivity index (χ3v) is 2.11. The van der Waals surface area contributed by atoms with Crippen LogP contribution in [-0.4, -0.2) is 20.6 Å². The molecule has 0 aromatic carbocycles. The number of aromatic amines is 1. The number of anilines is 1. The fourth-order valence-corrected chi connectivity index (χ4v) is 1.48. The molecule has 0 aliphatic heterocycles. The average Bonchev–Trinajstić information content (AvgIpc) is 2.74. The largest absolute Gasteiger partial charge is 0.347 e. The summed E-state index contributed by atoms with van der Waals surface area (Å²) in [5.41, 5.74) is 1.23. The number of thiophene rings is 1. The van der Waals surface area contributed by atoms with Crippen molar-refractivity contribution in [2.45, 2.75) is 6.54 Å². The summed E-state index contributed by atoms with van der Waals surface area (Å²) in [6.45, 7) is 0.739. The molecule has 0 spiro atoms. The van der Waals surface area contributed by atoms with E-state index in [0.29, 0.717) is 5.95 Å². The Bertz CT molecular complexity index is 279. The molecule has 2 aromatic heterocycles. The minimum atomic E-state index is 0.529. The molecule has 0 aliphatic carbocycles. The third kappa shape index (κ3) is 1.59. The summed E-state index contributed by atoms with van der Waals surface area (Å²) >= 11 is 1.67. The molecule has 0 saturated carbocycles. The Balaban J connectivity index is 1.91. The Labute approximate surface area is 72.8 Å². The highest BCUT2D eigenvalue weighted by Crippen LogP contribution is 2.06. The van der Waals surface area contributed by atoms with Gasteiger partial charge in [0.25, 0.3) is 5.95 Å². The summed E-state index contributed by atoms with van der Waals surface area (Å²) in [7, 11) is 0. The Morgan fingerprint density at radius 2 is 2.58 bits per heavy atom. The van der Waals surface area contributed by atoms with Crippen molar-refractivity contribution in [2.24, 2.45) is 0 Å². The van der Waals surface area contributed by atoms with Crippen molar-refractivity contribution < 1.29 is 0 Å². The quantitative estimate of drug-likeness (QED) is 0.737. The number of rotatable bonds is 3. The molecule has 0 amide bonds. The number of nitrogens with zero attached hydrogens (tertiary/aromatic N) is 3. The van der Waals surface area contributed by atoms with Gasteiger partial charge in [0.1, 0.15) is 0 Å². The van der Waals surface area contributed by atoms with E-state index in [1.54, 1.807) is 11.3 Å². The van der Waals surface area contributed by atoms with E-state index in [4.69, 9.17) is 0 Å². The van der Waals surface area contributed by atoms with Crippen molar-refractivity contribution >= 4 is 17.3 Å². The van der Waals surface area contributed by atoms with E-state index < -0.39 is 0 Å². The molecule has 0 aliphatic rings. The Morgan fingerprint density at radius 1 is 1.58 bits per heavy atom. The lowest BCUT2D eigenvalue weighted by Crippen LogP contribution is -1.99. The highest BCUT2D eigenvalue weighted by Gasteiger charge is 1.96. The Kier molecular flexibility index (Phi) is 2.00. The number of hydrogen-bond acceptors (Lipinski definition) is 5. The first-order chi connectivity index (χ1) is 5.95. The van der Waals surface area contributed by atoms with Gasteiger partial charge in [-0.05, 0) is 27.6 Å². The summed E-state index contributed by atoms with van der Waals surface area (Å²) in [6, 6.07) is 2.05. The summed E-state index contributed by atoms with van der Waals surface area (Å²) < 4.78 is 0. The molecule has 2 N–H and O–H groups in total. The van der Waals surface area contributed by atoms with E-state index >= 15 is 0 Å². The fourth-order valence-electron chi connectivity index (χ4n) is 0.811. The van der Waals surface area contributed by atoms with Gasteiger partial charge >= 0.3 is 0 Å². The van der Waals surface area contributed by atoms with Gasteiger partial charge in [0.2, 0.25) is 0 Å². The van der Waals surface area contributed by atoms with Crippen molar-refractivity contribution in [1.29, 1.82) is 0 Å². The van der Waals surface area contributed by atoms with Gasteiger partial charge in [0.05, 0.1) is 0 Å². The van der Waals surface area contributed by atoms with E-state index in [-0.39, 0.29) is 0 Å². The summed E-state index contributed by atoms with van der Waals surface area (Å²) in [5, 5.41) is 20.4. The van der Waals surface area contributed by atoms with Crippen LogP contribution in [0.15, 0.2) is 16.8 Å². The van der Waals surface area contributed by atoms with Crippen molar-refractivity contribution in [1.82, 2.24) is 20.6 Å². The Hall–Kier alpha value is -1.43. The van der Waals surface area contributed by atoms with Gasteiger partial charge < -0.3 is 5.32 Å². The predicted molar refractivity (Wildman–Crippen MR) is 45.8 cm³/mol. The van der Waals surface area contributed by atoms with Crippen LogP contribution in [0.5, 0.6) is 0 Å². The molecule has 0 unspecified atom stereocenters. The van der Waals surface area contributed by atoms with Crippen molar-refractivity contribution in [3.63, 3.8) is 0 Å². The molecule has 2 rings (SSSR count). The van der Waals surface area contributed by atoms with Crippen LogP contribution in [0.3, 0.4) is 0 Å². The monoisotopic (exact) mass is 181 g/mol. The molecule has 0 radical (unpaired) electrons. The lowest BCUT2D eigenvalue weighted by molar-refractivity contribution is 0.881. The van der Waals surface area contributed by atoms with Crippen molar-refractivity contribution in [3.8, 4) is 0 Å². The molecule has 62 valence electrons. The molecule has 0 fully saturated rings. The van der Waals surface area contributed by atoms with Crippen LogP contribution in [0.4, 0.5) is 5.95 Å². The van der Waals surface area contributed by atoms with Gasteiger partial charge in [0, 0.05) is 6.54 Å². The Morgan fingerprint density at radius 3 is 3.25 bits per heavy atom. The SMILES string of the molecule is c1cc(CNc2nn[nH]n2)cs1. The van der Waals surface area contributed by atoms with Gasteiger partial charge in [-0.25, -0.2) is 0 Å².